The van der Waals surface area contributed by atoms with Crippen LogP contribution in [-0.2, 0) is 0 Å². The largest absolute Gasteiger partial charge is 0.394 e. The van der Waals surface area contributed by atoms with Crippen LogP contribution in [0, 0.1) is 10.1 Å². The molecule has 1 aromatic rings. The fourth-order valence-corrected chi connectivity index (χ4v) is 1.54. The second kappa shape index (κ2) is 6.54. The lowest BCUT2D eigenvalue weighted by molar-refractivity contribution is -0.389. The molecule has 10 heteroatoms. The van der Waals surface area contributed by atoms with Gasteiger partial charge in [-0.05, 0) is 9.91 Å². The van der Waals surface area contributed by atoms with Crippen LogP contribution < -0.4 is 0 Å². The first-order valence-corrected chi connectivity index (χ1v) is 5.36. The molecule has 19 heavy (non-hydrogen) atoms. The van der Waals surface area contributed by atoms with Crippen LogP contribution in [-0.4, -0.2) is 71.5 Å². The van der Waals surface area contributed by atoms with E-state index in [1.165, 1.54) is 0 Å². The smallest absolute Gasteiger partial charge is 0.381 e. The van der Waals surface area contributed by atoms with Gasteiger partial charge in [0.1, 0.15) is 24.5 Å². The van der Waals surface area contributed by atoms with Gasteiger partial charge in [0.15, 0.2) is 0 Å². The molecule has 0 bridgehead atoms. The molecule has 0 aliphatic carbocycles. The van der Waals surface area contributed by atoms with Crippen LogP contribution in [0.1, 0.15) is 6.04 Å². The Morgan fingerprint density at radius 1 is 1.26 bits per heavy atom. The summed E-state index contributed by atoms with van der Waals surface area (Å²) in [5.74, 6) is -0.483. The predicted molar refractivity (Wildman–Crippen MR) is 60.1 cm³/mol. The van der Waals surface area contributed by atoms with Crippen molar-refractivity contribution >= 4 is 5.82 Å². The van der Waals surface area contributed by atoms with Crippen molar-refractivity contribution in [1.82, 2.24) is 9.55 Å². The number of rotatable bonds is 7. The zero-order chi connectivity index (χ0) is 14.6. The number of nitrogens with zero attached hydrogens (tertiary/aromatic N) is 3. The minimum atomic E-state index is -1.72. The molecule has 1 rings (SSSR count). The van der Waals surface area contributed by atoms with E-state index >= 15 is 0 Å². The maximum Gasteiger partial charge on any atom is 0.381 e. The van der Waals surface area contributed by atoms with Crippen molar-refractivity contribution in [1.29, 1.82) is 0 Å². The van der Waals surface area contributed by atoms with Crippen molar-refractivity contribution in [3.63, 3.8) is 0 Å². The maximum atomic E-state index is 10.5. The Bertz CT molecular complexity index is 424. The summed E-state index contributed by atoms with van der Waals surface area (Å²) in [5, 5.41) is 56.8. The Morgan fingerprint density at radius 3 is 2.32 bits per heavy atom. The molecular weight excluding hydrogens is 262 g/mol. The van der Waals surface area contributed by atoms with E-state index in [1.54, 1.807) is 0 Å². The normalized spacial score (nSPS) is 17.7. The van der Waals surface area contributed by atoms with Gasteiger partial charge < -0.3 is 40.2 Å². The number of nitro groups is 1. The van der Waals surface area contributed by atoms with Crippen LogP contribution in [0.4, 0.5) is 5.82 Å². The van der Waals surface area contributed by atoms with E-state index in [9.17, 15) is 25.4 Å². The van der Waals surface area contributed by atoms with Crippen LogP contribution in [0.2, 0.25) is 0 Å². The fourth-order valence-electron chi connectivity index (χ4n) is 1.54. The molecule has 0 aromatic carbocycles. The van der Waals surface area contributed by atoms with Crippen LogP contribution in [0.3, 0.4) is 0 Å². The maximum absolute atomic E-state index is 10.5. The summed E-state index contributed by atoms with van der Waals surface area (Å²) in [4.78, 5) is 13.2. The molecule has 0 unspecified atom stereocenters. The summed E-state index contributed by atoms with van der Waals surface area (Å²) in [7, 11) is 0. The number of aliphatic hydroxyl groups is 5. The molecule has 108 valence electrons. The average molecular weight is 277 g/mol. The van der Waals surface area contributed by atoms with Crippen molar-refractivity contribution < 1.29 is 30.5 Å². The third kappa shape index (κ3) is 3.45. The van der Waals surface area contributed by atoms with Crippen LogP contribution >= 0.6 is 0 Å². The first kappa shape index (κ1) is 15.5. The first-order chi connectivity index (χ1) is 8.92. The minimum absolute atomic E-state index is 0.483. The average Bonchev–Trinajstić information content (AvgIpc) is 2.87. The Hall–Kier alpha value is -1.59. The molecule has 0 aliphatic rings. The van der Waals surface area contributed by atoms with Gasteiger partial charge in [0.25, 0.3) is 0 Å². The summed E-state index contributed by atoms with van der Waals surface area (Å²) in [5.41, 5.74) is 0. The second-order valence-electron chi connectivity index (χ2n) is 3.92. The quantitative estimate of drug-likeness (QED) is 0.267. The molecule has 1 aromatic heterocycles. The van der Waals surface area contributed by atoms with Crippen molar-refractivity contribution in [2.24, 2.45) is 0 Å². The van der Waals surface area contributed by atoms with Gasteiger partial charge in [-0.2, -0.15) is 0 Å². The van der Waals surface area contributed by atoms with E-state index < -0.39 is 48.3 Å². The first-order valence-electron chi connectivity index (χ1n) is 5.36. The summed E-state index contributed by atoms with van der Waals surface area (Å²) in [6.45, 7) is -1.43. The van der Waals surface area contributed by atoms with Gasteiger partial charge in [-0.1, -0.05) is 0 Å². The van der Waals surface area contributed by atoms with Crippen molar-refractivity contribution in [2.75, 3.05) is 13.2 Å². The minimum Gasteiger partial charge on any atom is -0.394 e. The highest BCUT2D eigenvalue weighted by atomic mass is 16.6. The lowest BCUT2D eigenvalue weighted by Crippen LogP contribution is -2.45. The summed E-state index contributed by atoms with van der Waals surface area (Å²) in [6, 6.07) is -1.14. The summed E-state index contributed by atoms with van der Waals surface area (Å²) in [6.07, 6.45) is -2.96. The van der Waals surface area contributed by atoms with E-state index in [0.717, 1.165) is 17.1 Å². The fraction of sp³-hybridized carbons (Fsp3) is 0.667. The number of aliphatic hydroxyl groups excluding tert-OH is 5. The van der Waals surface area contributed by atoms with Crippen LogP contribution in [0.15, 0.2) is 12.5 Å². The van der Waals surface area contributed by atoms with Gasteiger partial charge in [-0.3, -0.25) is 0 Å². The lowest BCUT2D eigenvalue weighted by atomic mass is 10.0. The van der Waals surface area contributed by atoms with E-state index in [1.807, 2.05) is 0 Å². The Labute approximate surface area is 107 Å². The van der Waals surface area contributed by atoms with Crippen molar-refractivity contribution in [3.05, 3.63) is 22.6 Å². The van der Waals surface area contributed by atoms with Crippen molar-refractivity contribution in [3.8, 4) is 0 Å². The lowest BCUT2D eigenvalue weighted by Gasteiger charge is -2.27. The molecule has 10 nitrogen and oxygen atoms in total. The monoisotopic (exact) mass is 277 g/mol. The number of imidazole rings is 1. The van der Waals surface area contributed by atoms with Gasteiger partial charge >= 0.3 is 5.82 Å². The number of aromatic nitrogens is 2. The Balaban J connectivity index is 2.89. The highest BCUT2D eigenvalue weighted by Gasteiger charge is 2.32. The zero-order valence-corrected chi connectivity index (χ0v) is 9.77. The third-order valence-corrected chi connectivity index (χ3v) is 2.67. The SMILES string of the molecule is O=[N+]([O-])c1cn([C@H](CO)[C@@H](O)[C@H](O)[C@H](O)CO)cn1. The van der Waals surface area contributed by atoms with Gasteiger partial charge in [0.2, 0.25) is 6.33 Å². The molecule has 5 N–H and O–H groups in total. The molecule has 0 saturated heterocycles. The van der Waals surface area contributed by atoms with Gasteiger partial charge in [-0.15, -0.1) is 0 Å². The molecule has 0 spiro atoms. The zero-order valence-electron chi connectivity index (χ0n) is 9.77. The molecule has 0 aliphatic heterocycles. The number of hydrogen-bond acceptors (Lipinski definition) is 8. The number of hydrogen-bond donors (Lipinski definition) is 5. The standard InChI is InChI=1S/C9H15N3O7/c13-2-5(8(16)9(17)6(15)3-14)11-1-7(10-4-11)12(18)19/h1,4-6,8-9,13-17H,2-3H2/t5-,6-,8-,9-/m1/s1. The topological polar surface area (TPSA) is 162 Å². The Morgan fingerprint density at radius 2 is 1.89 bits per heavy atom. The summed E-state index contributed by atoms with van der Waals surface area (Å²) >= 11 is 0. The highest BCUT2D eigenvalue weighted by molar-refractivity contribution is 5.13. The van der Waals surface area contributed by atoms with Crippen molar-refractivity contribution in [2.45, 2.75) is 24.4 Å². The second-order valence-corrected chi connectivity index (χ2v) is 3.92. The van der Waals surface area contributed by atoms with Crippen LogP contribution in [0.25, 0.3) is 0 Å². The molecule has 4 atom stereocenters. The van der Waals surface area contributed by atoms with Gasteiger partial charge in [0.05, 0.1) is 19.3 Å². The highest BCUT2D eigenvalue weighted by Crippen LogP contribution is 2.19. The van der Waals surface area contributed by atoms with Gasteiger partial charge in [-0.25, -0.2) is 0 Å². The molecule has 0 saturated carbocycles. The van der Waals surface area contributed by atoms with Crippen LogP contribution in [0.5, 0.6) is 0 Å². The molecule has 1 heterocycles. The molecule has 0 radical (unpaired) electrons. The molecular formula is C9H15N3O7. The third-order valence-electron chi connectivity index (χ3n) is 2.67. The van der Waals surface area contributed by atoms with E-state index in [0.29, 0.717) is 0 Å². The molecule has 0 fully saturated rings. The van der Waals surface area contributed by atoms with Gasteiger partial charge in [0, 0.05) is 0 Å². The van der Waals surface area contributed by atoms with E-state index in [-0.39, 0.29) is 0 Å². The predicted octanol–water partition coefficient (Wildman–Crippen LogP) is -2.60. The summed E-state index contributed by atoms with van der Waals surface area (Å²) < 4.78 is 1.05. The molecule has 0 amide bonds. The Kier molecular flexibility index (Phi) is 5.32. The van der Waals surface area contributed by atoms with E-state index in [4.69, 9.17) is 10.2 Å². The van der Waals surface area contributed by atoms with E-state index in [2.05, 4.69) is 4.98 Å².